The summed E-state index contributed by atoms with van der Waals surface area (Å²) >= 11 is 0. The summed E-state index contributed by atoms with van der Waals surface area (Å²) in [5.74, 6) is -0.640. The molecule has 0 radical (unpaired) electrons. The number of rotatable bonds is 8. The molecule has 3 rings (SSSR count). The number of aryl methyl sites for hydroxylation is 1. The summed E-state index contributed by atoms with van der Waals surface area (Å²) < 4.78 is 5.54. The number of ether oxygens (including phenoxy) is 1. The lowest BCUT2D eigenvalue weighted by Gasteiger charge is -2.28. The summed E-state index contributed by atoms with van der Waals surface area (Å²) in [7, 11) is 0. The van der Waals surface area contributed by atoms with E-state index in [1.54, 1.807) is 4.90 Å². The van der Waals surface area contributed by atoms with Gasteiger partial charge in [0.1, 0.15) is 26.4 Å². The van der Waals surface area contributed by atoms with Crippen molar-refractivity contribution in [2.24, 2.45) is 0 Å². The predicted molar refractivity (Wildman–Crippen MR) is 118 cm³/mol. The fourth-order valence-electron chi connectivity index (χ4n) is 3.38. The van der Waals surface area contributed by atoms with Crippen LogP contribution in [0, 0.1) is 6.92 Å². The first-order valence-corrected chi connectivity index (χ1v) is 10.4. The molecule has 1 heterocycles. The SMILES string of the molecule is Cc1ccc(N2CN(C(=O)CN(C(=O)COCc3ccccc3)C(C)C)CC2=O)cc1. The van der Waals surface area contributed by atoms with Crippen molar-refractivity contribution in [2.45, 2.75) is 33.4 Å². The first kappa shape index (κ1) is 22.5. The minimum atomic E-state index is -0.256. The molecule has 1 aliphatic rings. The maximum absolute atomic E-state index is 12.8. The average Bonchev–Trinajstić information content (AvgIpc) is 3.14. The van der Waals surface area contributed by atoms with Crippen molar-refractivity contribution >= 4 is 23.4 Å². The van der Waals surface area contributed by atoms with Gasteiger partial charge in [-0.05, 0) is 38.5 Å². The van der Waals surface area contributed by atoms with Gasteiger partial charge in [-0.15, -0.1) is 0 Å². The maximum Gasteiger partial charge on any atom is 0.249 e. The normalized spacial score (nSPS) is 13.7. The van der Waals surface area contributed by atoms with Crippen LogP contribution in [0.25, 0.3) is 0 Å². The molecule has 1 aliphatic heterocycles. The quantitative estimate of drug-likeness (QED) is 0.654. The molecule has 164 valence electrons. The Labute approximate surface area is 183 Å². The van der Waals surface area contributed by atoms with Crippen molar-refractivity contribution in [2.75, 3.05) is 31.3 Å². The summed E-state index contributed by atoms with van der Waals surface area (Å²) in [4.78, 5) is 42.5. The molecule has 1 saturated heterocycles. The zero-order valence-corrected chi connectivity index (χ0v) is 18.3. The van der Waals surface area contributed by atoms with Gasteiger partial charge in [0, 0.05) is 11.7 Å². The summed E-state index contributed by atoms with van der Waals surface area (Å²) in [6.45, 7) is 6.04. The Morgan fingerprint density at radius 1 is 1.06 bits per heavy atom. The molecule has 0 unspecified atom stereocenters. The Morgan fingerprint density at radius 3 is 2.39 bits per heavy atom. The summed E-state index contributed by atoms with van der Waals surface area (Å²) in [6.07, 6.45) is 0. The molecular weight excluding hydrogens is 394 g/mol. The summed E-state index contributed by atoms with van der Waals surface area (Å²) in [5, 5.41) is 0. The number of amides is 3. The molecule has 0 bridgehead atoms. The molecule has 0 N–H and O–H groups in total. The fraction of sp³-hybridized carbons (Fsp3) is 0.375. The second-order valence-electron chi connectivity index (χ2n) is 7.98. The number of carbonyl (C=O) groups is 3. The molecule has 7 nitrogen and oxygen atoms in total. The summed E-state index contributed by atoms with van der Waals surface area (Å²) in [5.41, 5.74) is 2.84. The zero-order chi connectivity index (χ0) is 22.4. The van der Waals surface area contributed by atoms with Crippen LogP contribution >= 0.6 is 0 Å². The Bertz CT molecular complexity index is 912. The highest BCUT2D eigenvalue weighted by molar-refractivity contribution is 6.00. The third kappa shape index (κ3) is 5.92. The lowest BCUT2D eigenvalue weighted by Crippen LogP contribution is -2.46. The molecule has 2 aromatic rings. The largest absolute Gasteiger partial charge is 0.367 e. The Balaban J connectivity index is 1.55. The van der Waals surface area contributed by atoms with Gasteiger partial charge in [0.25, 0.3) is 0 Å². The van der Waals surface area contributed by atoms with Crippen LogP contribution in [0.15, 0.2) is 54.6 Å². The van der Waals surface area contributed by atoms with Gasteiger partial charge in [0.05, 0.1) is 6.61 Å². The molecule has 3 amide bonds. The molecule has 1 fully saturated rings. The predicted octanol–water partition coefficient (Wildman–Crippen LogP) is 2.58. The van der Waals surface area contributed by atoms with Crippen molar-refractivity contribution in [3.05, 3.63) is 65.7 Å². The molecule has 2 aromatic carbocycles. The molecule has 31 heavy (non-hydrogen) atoms. The van der Waals surface area contributed by atoms with Gasteiger partial charge >= 0.3 is 0 Å². The number of carbonyl (C=O) groups excluding carboxylic acids is 3. The number of benzene rings is 2. The lowest BCUT2D eigenvalue weighted by molar-refractivity contribution is -0.145. The maximum atomic E-state index is 12.8. The van der Waals surface area contributed by atoms with Crippen LogP contribution in [0.1, 0.15) is 25.0 Å². The van der Waals surface area contributed by atoms with Gasteiger partial charge < -0.3 is 14.5 Å². The number of anilines is 1. The van der Waals surface area contributed by atoms with Crippen LogP contribution in [-0.2, 0) is 25.7 Å². The van der Waals surface area contributed by atoms with E-state index in [4.69, 9.17) is 4.74 Å². The molecule has 7 heteroatoms. The van der Waals surface area contributed by atoms with Gasteiger partial charge in [-0.1, -0.05) is 48.0 Å². The van der Waals surface area contributed by atoms with Crippen LogP contribution < -0.4 is 4.90 Å². The highest BCUT2D eigenvalue weighted by Gasteiger charge is 2.33. The average molecular weight is 424 g/mol. The van der Waals surface area contributed by atoms with E-state index in [9.17, 15) is 14.4 Å². The van der Waals surface area contributed by atoms with Crippen molar-refractivity contribution < 1.29 is 19.1 Å². The van der Waals surface area contributed by atoms with E-state index >= 15 is 0 Å². The number of hydrogen-bond acceptors (Lipinski definition) is 4. The monoisotopic (exact) mass is 423 g/mol. The van der Waals surface area contributed by atoms with Gasteiger partial charge in [-0.2, -0.15) is 0 Å². The van der Waals surface area contributed by atoms with Crippen LogP contribution in [-0.4, -0.2) is 59.9 Å². The van der Waals surface area contributed by atoms with E-state index in [0.29, 0.717) is 6.61 Å². The minimum Gasteiger partial charge on any atom is -0.367 e. The third-order valence-electron chi connectivity index (χ3n) is 5.22. The molecular formula is C24H29N3O4. The minimum absolute atomic E-state index is 0.0113. The van der Waals surface area contributed by atoms with Crippen molar-refractivity contribution in [3.8, 4) is 0 Å². The number of nitrogens with zero attached hydrogens (tertiary/aromatic N) is 3. The van der Waals surface area contributed by atoms with Gasteiger partial charge in [-0.25, -0.2) is 0 Å². The first-order valence-electron chi connectivity index (χ1n) is 10.4. The van der Waals surface area contributed by atoms with E-state index in [0.717, 1.165) is 16.8 Å². The van der Waals surface area contributed by atoms with E-state index in [1.807, 2.05) is 75.4 Å². The molecule has 0 aliphatic carbocycles. The standard InChI is InChI=1S/C24H29N3O4/c1-18(2)26(24(30)16-31-15-20-7-5-4-6-8-20)14-22(28)25-13-23(29)27(17-25)21-11-9-19(3)10-12-21/h4-12,18H,13-17H2,1-3H3. The third-order valence-corrected chi connectivity index (χ3v) is 5.22. The van der Waals surface area contributed by atoms with Gasteiger partial charge in [-0.3, -0.25) is 19.3 Å². The van der Waals surface area contributed by atoms with E-state index < -0.39 is 0 Å². The van der Waals surface area contributed by atoms with Gasteiger partial charge in [0.2, 0.25) is 17.7 Å². The number of hydrogen-bond donors (Lipinski definition) is 0. The van der Waals surface area contributed by atoms with Gasteiger partial charge in [0.15, 0.2) is 0 Å². The second kappa shape index (κ2) is 10.2. The molecule has 0 aromatic heterocycles. The van der Waals surface area contributed by atoms with E-state index in [2.05, 4.69) is 0 Å². The smallest absolute Gasteiger partial charge is 0.249 e. The van der Waals surface area contributed by atoms with Crippen LogP contribution in [0.3, 0.4) is 0 Å². The zero-order valence-electron chi connectivity index (χ0n) is 18.3. The van der Waals surface area contributed by atoms with Crippen molar-refractivity contribution in [1.82, 2.24) is 9.80 Å². The van der Waals surface area contributed by atoms with Crippen LogP contribution in [0.2, 0.25) is 0 Å². The molecule has 0 saturated carbocycles. The van der Waals surface area contributed by atoms with Crippen LogP contribution in [0.5, 0.6) is 0 Å². The van der Waals surface area contributed by atoms with E-state index in [-0.39, 0.29) is 50.1 Å². The highest BCUT2D eigenvalue weighted by Crippen LogP contribution is 2.20. The van der Waals surface area contributed by atoms with Crippen LogP contribution in [0.4, 0.5) is 5.69 Å². The first-order chi connectivity index (χ1) is 14.8. The molecule has 0 spiro atoms. The Kier molecular flexibility index (Phi) is 7.41. The van der Waals surface area contributed by atoms with Crippen molar-refractivity contribution in [3.63, 3.8) is 0 Å². The second-order valence-corrected chi connectivity index (χ2v) is 7.98. The van der Waals surface area contributed by atoms with E-state index in [1.165, 1.54) is 9.80 Å². The van der Waals surface area contributed by atoms with Crippen molar-refractivity contribution in [1.29, 1.82) is 0 Å². The molecule has 0 atom stereocenters. The highest BCUT2D eigenvalue weighted by atomic mass is 16.5. The lowest BCUT2D eigenvalue weighted by atomic mass is 10.2. The summed E-state index contributed by atoms with van der Waals surface area (Å²) in [6, 6.07) is 17.0. The Hall–Kier alpha value is -3.19. The fourth-order valence-corrected chi connectivity index (χ4v) is 3.38. The topological polar surface area (TPSA) is 70.2 Å². The Morgan fingerprint density at radius 2 is 1.74 bits per heavy atom.